The van der Waals surface area contributed by atoms with Crippen LogP contribution in [0.5, 0.6) is 5.75 Å². The number of amides is 1. The number of furan rings is 1. The summed E-state index contributed by atoms with van der Waals surface area (Å²) in [5.41, 5.74) is 2.46. The van der Waals surface area contributed by atoms with Gasteiger partial charge < -0.3 is 14.3 Å². The number of rotatable bonds is 5. The average Bonchev–Trinajstić information content (AvgIpc) is 3.32. The Bertz CT molecular complexity index is 1230. The van der Waals surface area contributed by atoms with Crippen LogP contribution in [0.15, 0.2) is 63.9 Å². The van der Waals surface area contributed by atoms with Crippen molar-refractivity contribution in [3.05, 3.63) is 76.4 Å². The molecule has 0 radical (unpaired) electrons. The molecular formula is C23H17NO5S2. The Morgan fingerprint density at radius 3 is 2.55 bits per heavy atom. The second-order valence-electron chi connectivity index (χ2n) is 6.75. The van der Waals surface area contributed by atoms with E-state index >= 15 is 0 Å². The summed E-state index contributed by atoms with van der Waals surface area (Å²) in [4.78, 5) is 26.0. The zero-order valence-corrected chi connectivity index (χ0v) is 18.3. The van der Waals surface area contributed by atoms with Crippen molar-refractivity contribution in [2.45, 2.75) is 6.92 Å². The van der Waals surface area contributed by atoms with Gasteiger partial charge in [-0.3, -0.25) is 9.69 Å². The fourth-order valence-corrected chi connectivity index (χ4v) is 4.48. The lowest BCUT2D eigenvalue weighted by atomic mass is 10.0. The van der Waals surface area contributed by atoms with Gasteiger partial charge in [0.25, 0.3) is 5.91 Å². The standard InChI is InChI=1S/C23H17NO5S2/c1-13-11-14(22(26)27)3-9-18(13)19-10-8-17(29-19)12-20-21(25)24(23(30)31-20)15-4-6-16(28-2)7-5-15/h3-12H,1-2H3,(H,26,27)/b20-12+. The van der Waals surface area contributed by atoms with E-state index < -0.39 is 5.97 Å². The van der Waals surface area contributed by atoms with Gasteiger partial charge in [0.05, 0.1) is 23.3 Å². The molecular weight excluding hydrogens is 434 g/mol. The van der Waals surface area contributed by atoms with Crippen molar-refractivity contribution in [3.8, 4) is 17.1 Å². The van der Waals surface area contributed by atoms with Crippen molar-refractivity contribution in [1.82, 2.24) is 0 Å². The lowest BCUT2D eigenvalue weighted by Gasteiger charge is -2.14. The van der Waals surface area contributed by atoms with Gasteiger partial charge in [-0.05, 0) is 61.0 Å². The average molecular weight is 452 g/mol. The highest BCUT2D eigenvalue weighted by molar-refractivity contribution is 8.27. The molecule has 1 amide bonds. The van der Waals surface area contributed by atoms with E-state index in [9.17, 15) is 9.59 Å². The molecule has 0 bridgehead atoms. The molecule has 6 nitrogen and oxygen atoms in total. The van der Waals surface area contributed by atoms with Crippen molar-refractivity contribution in [3.63, 3.8) is 0 Å². The number of thioether (sulfide) groups is 1. The first-order valence-electron chi connectivity index (χ1n) is 9.23. The molecule has 156 valence electrons. The Balaban J connectivity index is 1.58. The lowest BCUT2D eigenvalue weighted by molar-refractivity contribution is -0.113. The molecule has 3 aromatic rings. The number of methoxy groups -OCH3 is 1. The summed E-state index contributed by atoms with van der Waals surface area (Å²) < 4.78 is 11.5. The van der Waals surface area contributed by atoms with Crippen molar-refractivity contribution < 1.29 is 23.8 Å². The van der Waals surface area contributed by atoms with Gasteiger partial charge in [-0.15, -0.1) is 0 Å². The molecule has 31 heavy (non-hydrogen) atoms. The van der Waals surface area contributed by atoms with Gasteiger partial charge in [0.15, 0.2) is 4.32 Å². The van der Waals surface area contributed by atoms with E-state index in [1.807, 2.05) is 6.92 Å². The monoisotopic (exact) mass is 451 g/mol. The van der Waals surface area contributed by atoms with Crippen LogP contribution in [0, 0.1) is 6.92 Å². The second-order valence-corrected chi connectivity index (χ2v) is 8.43. The molecule has 8 heteroatoms. The number of aryl methyl sites for hydroxylation is 1. The van der Waals surface area contributed by atoms with Crippen molar-refractivity contribution >= 4 is 51.9 Å². The predicted molar refractivity (Wildman–Crippen MR) is 124 cm³/mol. The zero-order valence-electron chi connectivity index (χ0n) is 16.6. The Hall–Kier alpha value is -3.36. The van der Waals surface area contributed by atoms with Crippen LogP contribution in [0.3, 0.4) is 0 Å². The third kappa shape index (κ3) is 4.12. The van der Waals surface area contributed by atoms with Crippen LogP contribution >= 0.6 is 24.0 Å². The smallest absolute Gasteiger partial charge is 0.335 e. The third-order valence-corrected chi connectivity index (χ3v) is 6.07. The number of carboxylic acids is 1. The summed E-state index contributed by atoms with van der Waals surface area (Å²) >= 11 is 6.61. The van der Waals surface area contributed by atoms with E-state index in [4.69, 9.17) is 26.5 Å². The molecule has 1 aliphatic rings. The van der Waals surface area contributed by atoms with E-state index in [-0.39, 0.29) is 11.5 Å². The number of aromatic carboxylic acids is 1. The first-order valence-corrected chi connectivity index (χ1v) is 10.5. The van der Waals surface area contributed by atoms with E-state index in [2.05, 4.69) is 0 Å². The maximum Gasteiger partial charge on any atom is 0.335 e. The SMILES string of the molecule is COc1ccc(N2C(=O)/C(=C\c3ccc(-c4ccc(C(=O)O)cc4C)o3)SC2=S)cc1. The molecule has 1 saturated heterocycles. The summed E-state index contributed by atoms with van der Waals surface area (Å²) in [6.07, 6.45) is 1.66. The number of benzene rings is 2. The van der Waals surface area contributed by atoms with Gasteiger partial charge in [0.2, 0.25) is 0 Å². The molecule has 0 saturated carbocycles. The zero-order chi connectivity index (χ0) is 22.1. The molecule has 2 aromatic carbocycles. The number of carbonyl (C=O) groups is 2. The number of thiocarbonyl (C=S) groups is 1. The fraction of sp³-hybridized carbons (Fsp3) is 0.0870. The third-order valence-electron chi connectivity index (χ3n) is 4.76. The molecule has 4 rings (SSSR count). The Morgan fingerprint density at radius 2 is 1.90 bits per heavy atom. The molecule has 0 spiro atoms. The van der Waals surface area contributed by atoms with Crippen LogP contribution in [-0.2, 0) is 4.79 Å². The predicted octanol–water partition coefficient (Wildman–Crippen LogP) is 5.37. The summed E-state index contributed by atoms with van der Waals surface area (Å²) in [5, 5.41) is 9.12. The lowest BCUT2D eigenvalue weighted by Crippen LogP contribution is -2.27. The van der Waals surface area contributed by atoms with Crippen molar-refractivity contribution in [1.29, 1.82) is 0 Å². The van der Waals surface area contributed by atoms with E-state index in [0.29, 0.717) is 32.2 Å². The summed E-state index contributed by atoms with van der Waals surface area (Å²) in [7, 11) is 1.58. The van der Waals surface area contributed by atoms with Gasteiger partial charge in [-0.25, -0.2) is 4.79 Å². The molecule has 1 N–H and O–H groups in total. The fourth-order valence-electron chi connectivity index (χ4n) is 3.20. The van der Waals surface area contributed by atoms with Gasteiger partial charge in [0.1, 0.15) is 17.3 Å². The van der Waals surface area contributed by atoms with Gasteiger partial charge in [-0.1, -0.05) is 30.0 Å². The maximum absolute atomic E-state index is 12.9. The number of hydrogen-bond donors (Lipinski definition) is 1. The number of ether oxygens (including phenoxy) is 1. The number of carboxylic acid groups (broad SMARTS) is 1. The largest absolute Gasteiger partial charge is 0.497 e. The summed E-state index contributed by atoms with van der Waals surface area (Å²) in [6.45, 7) is 1.82. The molecule has 0 unspecified atom stereocenters. The van der Waals surface area contributed by atoms with Gasteiger partial charge in [0, 0.05) is 11.6 Å². The topological polar surface area (TPSA) is 80.0 Å². The van der Waals surface area contributed by atoms with Crippen LogP contribution < -0.4 is 9.64 Å². The minimum Gasteiger partial charge on any atom is -0.497 e. The first-order chi connectivity index (χ1) is 14.9. The Morgan fingerprint density at radius 1 is 1.16 bits per heavy atom. The Labute approximate surface area is 188 Å². The number of hydrogen-bond acceptors (Lipinski definition) is 6. The molecule has 1 aromatic heterocycles. The van der Waals surface area contributed by atoms with Crippen LogP contribution in [-0.4, -0.2) is 28.4 Å². The van der Waals surface area contributed by atoms with Crippen LogP contribution in [0.4, 0.5) is 5.69 Å². The Kier molecular flexibility index (Phi) is 5.67. The highest BCUT2D eigenvalue weighted by Crippen LogP contribution is 2.37. The first kappa shape index (κ1) is 20.9. The molecule has 0 atom stereocenters. The quantitative estimate of drug-likeness (QED) is 0.413. The minimum atomic E-state index is -0.978. The molecule has 0 aliphatic carbocycles. The molecule has 1 fully saturated rings. The minimum absolute atomic E-state index is 0.218. The highest BCUT2D eigenvalue weighted by atomic mass is 32.2. The molecule has 2 heterocycles. The van der Waals surface area contributed by atoms with Crippen LogP contribution in [0.1, 0.15) is 21.7 Å². The highest BCUT2D eigenvalue weighted by Gasteiger charge is 2.33. The van der Waals surface area contributed by atoms with E-state index in [0.717, 1.165) is 11.1 Å². The van der Waals surface area contributed by atoms with E-state index in [1.165, 1.54) is 22.7 Å². The van der Waals surface area contributed by atoms with Gasteiger partial charge >= 0.3 is 5.97 Å². The van der Waals surface area contributed by atoms with Crippen LogP contribution in [0.2, 0.25) is 0 Å². The maximum atomic E-state index is 12.9. The number of nitrogens with zero attached hydrogens (tertiary/aromatic N) is 1. The second kappa shape index (κ2) is 8.41. The number of anilines is 1. The van der Waals surface area contributed by atoms with Crippen LogP contribution in [0.25, 0.3) is 17.4 Å². The summed E-state index contributed by atoms with van der Waals surface area (Å²) in [5.74, 6) is 0.589. The van der Waals surface area contributed by atoms with Crippen molar-refractivity contribution in [2.75, 3.05) is 12.0 Å². The van der Waals surface area contributed by atoms with Crippen molar-refractivity contribution in [2.24, 2.45) is 0 Å². The number of carbonyl (C=O) groups excluding carboxylic acids is 1. The van der Waals surface area contributed by atoms with Gasteiger partial charge in [-0.2, -0.15) is 0 Å². The van der Waals surface area contributed by atoms with E-state index in [1.54, 1.807) is 61.7 Å². The normalized spacial score (nSPS) is 15.0. The summed E-state index contributed by atoms with van der Waals surface area (Å²) in [6, 6.07) is 15.5. The molecule has 1 aliphatic heterocycles.